The van der Waals surface area contributed by atoms with Crippen molar-refractivity contribution in [1.29, 1.82) is 0 Å². The molecule has 2 heterocycles. The van der Waals surface area contributed by atoms with Crippen LogP contribution in [0.15, 0.2) is 18.2 Å². The third-order valence-corrected chi connectivity index (χ3v) is 5.01. The van der Waals surface area contributed by atoms with E-state index in [2.05, 4.69) is 17.2 Å². The Labute approximate surface area is 135 Å². The van der Waals surface area contributed by atoms with Crippen molar-refractivity contribution in [3.05, 3.63) is 35.0 Å². The number of aromatic amines is 1. The smallest absolute Gasteiger partial charge is 0.254 e. The van der Waals surface area contributed by atoms with E-state index in [1.54, 1.807) is 4.90 Å². The van der Waals surface area contributed by atoms with Gasteiger partial charge in [-0.25, -0.2) is 0 Å². The van der Waals surface area contributed by atoms with Crippen LogP contribution in [0.2, 0.25) is 0 Å². The number of rotatable bonds is 1. The summed E-state index contributed by atoms with van der Waals surface area (Å²) in [6.07, 6.45) is 3.37. The number of carbonyl (C=O) groups excluding carboxylic acids is 2. The number of H-pyrrole nitrogens is 1. The second kappa shape index (κ2) is 5.41. The van der Waals surface area contributed by atoms with Gasteiger partial charge in [0.15, 0.2) is 0 Å². The first-order valence-corrected chi connectivity index (χ1v) is 8.31. The molecule has 1 aliphatic carbocycles. The number of aromatic nitrogens is 1. The van der Waals surface area contributed by atoms with Gasteiger partial charge in [-0.3, -0.25) is 9.59 Å². The molecule has 1 aromatic carbocycles. The number of fused-ring (bicyclic) bond motifs is 3. The molecule has 0 saturated carbocycles. The minimum Gasteiger partial charge on any atom is -0.358 e. The molecule has 2 N–H and O–H groups in total. The normalized spacial score (nSPS) is 21.2. The summed E-state index contributed by atoms with van der Waals surface area (Å²) in [4.78, 5) is 29.3. The van der Waals surface area contributed by atoms with E-state index in [-0.39, 0.29) is 18.4 Å². The SMILES string of the molecule is C[C@@H]1CCc2[nH]c3ccc(C(=O)N4CCNC(=O)C4)cc3c2C1. The van der Waals surface area contributed by atoms with Gasteiger partial charge in [0.1, 0.15) is 0 Å². The van der Waals surface area contributed by atoms with E-state index >= 15 is 0 Å². The molecule has 23 heavy (non-hydrogen) atoms. The van der Waals surface area contributed by atoms with Crippen molar-refractivity contribution in [2.45, 2.75) is 26.2 Å². The number of hydrogen-bond donors (Lipinski definition) is 2. The fraction of sp³-hybridized carbons (Fsp3) is 0.444. The molecule has 1 aliphatic heterocycles. The van der Waals surface area contributed by atoms with Gasteiger partial charge < -0.3 is 15.2 Å². The predicted molar refractivity (Wildman–Crippen MR) is 88.4 cm³/mol. The molecule has 120 valence electrons. The largest absolute Gasteiger partial charge is 0.358 e. The van der Waals surface area contributed by atoms with Crippen LogP contribution in [0.4, 0.5) is 0 Å². The number of piperazine rings is 1. The standard InChI is InChI=1S/C18H21N3O2/c1-11-2-4-15-13(8-11)14-9-12(3-5-16(14)20-15)18(23)21-7-6-19-17(22)10-21/h3,5,9,11,20H,2,4,6-8,10H2,1H3,(H,19,22)/t11-/m1/s1. The van der Waals surface area contributed by atoms with Crippen molar-refractivity contribution in [3.8, 4) is 0 Å². The molecule has 5 nitrogen and oxygen atoms in total. The van der Waals surface area contributed by atoms with Crippen LogP contribution in [0.25, 0.3) is 10.9 Å². The topological polar surface area (TPSA) is 65.2 Å². The highest BCUT2D eigenvalue weighted by atomic mass is 16.2. The maximum atomic E-state index is 12.7. The van der Waals surface area contributed by atoms with E-state index in [1.165, 1.54) is 23.1 Å². The van der Waals surface area contributed by atoms with Gasteiger partial charge >= 0.3 is 0 Å². The molecule has 4 rings (SSSR count). The number of nitrogens with zero attached hydrogens (tertiary/aromatic N) is 1. The van der Waals surface area contributed by atoms with Gasteiger partial charge in [-0.2, -0.15) is 0 Å². The van der Waals surface area contributed by atoms with Crippen LogP contribution in [0.5, 0.6) is 0 Å². The Bertz CT molecular complexity index is 793. The second-order valence-electron chi connectivity index (χ2n) is 6.77. The third-order valence-electron chi connectivity index (χ3n) is 5.01. The quantitative estimate of drug-likeness (QED) is 0.844. The average Bonchev–Trinajstić information content (AvgIpc) is 2.91. The van der Waals surface area contributed by atoms with Gasteiger partial charge in [-0.1, -0.05) is 6.92 Å². The first kappa shape index (κ1) is 14.3. The maximum Gasteiger partial charge on any atom is 0.254 e. The summed E-state index contributed by atoms with van der Waals surface area (Å²) >= 11 is 0. The highest BCUT2D eigenvalue weighted by Gasteiger charge is 2.24. The van der Waals surface area contributed by atoms with Crippen molar-refractivity contribution in [1.82, 2.24) is 15.2 Å². The van der Waals surface area contributed by atoms with E-state index in [1.807, 2.05) is 18.2 Å². The minimum atomic E-state index is -0.0847. The highest BCUT2D eigenvalue weighted by Crippen LogP contribution is 2.32. The summed E-state index contributed by atoms with van der Waals surface area (Å²) in [5, 5.41) is 3.92. The summed E-state index contributed by atoms with van der Waals surface area (Å²) in [5.74, 6) is 0.547. The lowest BCUT2D eigenvalue weighted by Crippen LogP contribution is -2.49. The molecule has 2 amide bonds. The Balaban J connectivity index is 1.69. The Morgan fingerprint density at radius 1 is 1.35 bits per heavy atom. The third kappa shape index (κ3) is 2.50. The summed E-state index contributed by atoms with van der Waals surface area (Å²) in [5.41, 5.74) is 4.47. The fourth-order valence-corrected chi connectivity index (χ4v) is 3.72. The first-order valence-electron chi connectivity index (χ1n) is 8.31. The fourth-order valence-electron chi connectivity index (χ4n) is 3.72. The zero-order chi connectivity index (χ0) is 16.0. The van der Waals surface area contributed by atoms with Gasteiger partial charge in [0, 0.05) is 35.2 Å². The van der Waals surface area contributed by atoms with Crippen LogP contribution >= 0.6 is 0 Å². The Hall–Kier alpha value is -2.30. The Morgan fingerprint density at radius 3 is 3.04 bits per heavy atom. The molecule has 0 unspecified atom stereocenters. The van der Waals surface area contributed by atoms with Gasteiger partial charge in [-0.05, 0) is 48.9 Å². The molecule has 0 spiro atoms. The number of benzene rings is 1. The number of carbonyl (C=O) groups is 2. The van der Waals surface area contributed by atoms with Crippen LogP contribution in [-0.2, 0) is 17.6 Å². The Kier molecular flexibility index (Phi) is 3.36. The van der Waals surface area contributed by atoms with Crippen molar-refractivity contribution >= 4 is 22.7 Å². The zero-order valence-corrected chi connectivity index (χ0v) is 13.3. The van der Waals surface area contributed by atoms with Gasteiger partial charge in [0.25, 0.3) is 5.91 Å². The van der Waals surface area contributed by atoms with Crippen molar-refractivity contribution < 1.29 is 9.59 Å². The van der Waals surface area contributed by atoms with Crippen LogP contribution in [-0.4, -0.2) is 41.3 Å². The van der Waals surface area contributed by atoms with E-state index in [0.29, 0.717) is 24.6 Å². The van der Waals surface area contributed by atoms with Crippen LogP contribution in [0.1, 0.15) is 35.0 Å². The lowest BCUT2D eigenvalue weighted by molar-refractivity contribution is -0.123. The highest BCUT2D eigenvalue weighted by molar-refractivity contribution is 6.00. The maximum absolute atomic E-state index is 12.7. The van der Waals surface area contributed by atoms with Crippen molar-refractivity contribution in [3.63, 3.8) is 0 Å². The minimum absolute atomic E-state index is 0.0550. The van der Waals surface area contributed by atoms with Crippen molar-refractivity contribution in [2.75, 3.05) is 19.6 Å². The Morgan fingerprint density at radius 2 is 2.22 bits per heavy atom. The van der Waals surface area contributed by atoms with Gasteiger partial charge in [0.05, 0.1) is 6.54 Å². The average molecular weight is 311 g/mol. The van der Waals surface area contributed by atoms with Crippen LogP contribution in [0.3, 0.4) is 0 Å². The summed E-state index contributed by atoms with van der Waals surface area (Å²) < 4.78 is 0. The molecule has 1 aromatic heterocycles. The molecule has 5 heteroatoms. The molecular formula is C18H21N3O2. The molecule has 1 fully saturated rings. The van der Waals surface area contributed by atoms with Crippen LogP contribution < -0.4 is 5.32 Å². The zero-order valence-electron chi connectivity index (χ0n) is 13.3. The van der Waals surface area contributed by atoms with E-state index < -0.39 is 0 Å². The second-order valence-corrected chi connectivity index (χ2v) is 6.77. The number of nitrogens with one attached hydrogen (secondary N) is 2. The van der Waals surface area contributed by atoms with Crippen molar-refractivity contribution in [2.24, 2.45) is 5.92 Å². The molecule has 0 radical (unpaired) electrons. The van der Waals surface area contributed by atoms with Crippen LogP contribution in [0, 0.1) is 5.92 Å². The van der Waals surface area contributed by atoms with Gasteiger partial charge in [-0.15, -0.1) is 0 Å². The first-order chi connectivity index (χ1) is 11.1. The summed E-state index contributed by atoms with van der Waals surface area (Å²) in [7, 11) is 0. The number of aryl methyl sites for hydroxylation is 1. The van der Waals surface area contributed by atoms with E-state index in [9.17, 15) is 9.59 Å². The molecule has 1 atom stereocenters. The van der Waals surface area contributed by atoms with E-state index in [0.717, 1.165) is 18.4 Å². The molecular weight excluding hydrogens is 290 g/mol. The van der Waals surface area contributed by atoms with Gasteiger partial charge in [0.2, 0.25) is 5.91 Å². The molecule has 0 bridgehead atoms. The summed E-state index contributed by atoms with van der Waals surface area (Å²) in [6.45, 7) is 3.54. The monoisotopic (exact) mass is 311 g/mol. The number of amides is 2. The predicted octanol–water partition coefficient (Wildman–Crippen LogP) is 1.86. The molecule has 2 aromatic rings. The summed E-state index contributed by atoms with van der Waals surface area (Å²) in [6, 6.07) is 5.86. The molecule has 1 saturated heterocycles. The lowest BCUT2D eigenvalue weighted by atomic mass is 9.87. The molecule has 2 aliphatic rings. The lowest BCUT2D eigenvalue weighted by Gasteiger charge is -2.26. The number of hydrogen-bond acceptors (Lipinski definition) is 2. The van der Waals surface area contributed by atoms with E-state index in [4.69, 9.17) is 0 Å².